The Bertz CT molecular complexity index is 331. The van der Waals surface area contributed by atoms with Gasteiger partial charge in [-0.05, 0) is 11.1 Å². The van der Waals surface area contributed by atoms with E-state index in [9.17, 15) is 4.79 Å². The molecule has 58 valence electrons. The highest BCUT2D eigenvalue weighted by atomic mass is 79.9. The lowest BCUT2D eigenvalue weighted by Gasteiger charge is -1.95. The molecule has 1 aromatic rings. The van der Waals surface area contributed by atoms with Crippen molar-refractivity contribution in [1.82, 2.24) is 9.97 Å². The third-order valence-corrected chi connectivity index (χ3v) is 1.38. The molecule has 0 aliphatic carbocycles. The van der Waals surface area contributed by atoms with Gasteiger partial charge in [-0.2, -0.15) is 0 Å². The molecule has 0 aliphatic rings. The zero-order valence-corrected chi connectivity index (χ0v) is 7.13. The lowest BCUT2D eigenvalue weighted by Crippen LogP contribution is -2.12. The van der Waals surface area contributed by atoms with Crippen LogP contribution in [-0.2, 0) is 0 Å². The van der Waals surface area contributed by atoms with Crippen molar-refractivity contribution in [2.24, 2.45) is 0 Å². The van der Waals surface area contributed by atoms with Gasteiger partial charge in [0.1, 0.15) is 5.82 Å². The van der Waals surface area contributed by atoms with Crippen molar-refractivity contribution < 1.29 is 0 Å². The molecule has 0 radical (unpaired) electrons. The van der Waals surface area contributed by atoms with Crippen LogP contribution < -0.4 is 11.4 Å². The Morgan fingerprint density at radius 2 is 2.45 bits per heavy atom. The summed E-state index contributed by atoms with van der Waals surface area (Å²) in [5.74, 6) is 0.320. The maximum absolute atomic E-state index is 10.6. The summed E-state index contributed by atoms with van der Waals surface area (Å²) in [6.45, 7) is 0. The number of anilines is 1. The number of halogens is 1. The maximum Gasteiger partial charge on any atom is 0.346 e. The van der Waals surface area contributed by atoms with Gasteiger partial charge in [-0.25, -0.2) is 9.78 Å². The van der Waals surface area contributed by atoms with Crippen LogP contribution >= 0.6 is 15.9 Å². The molecule has 0 spiro atoms. The van der Waals surface area contributed by atoms with E-state index < -0.39 is 5.69 Å². The highest BCUT2D eigenvalue weighted by molar-refractivity contribution is 9.11. The van der Waals surface area contributed by atoms with E-state index in [4.69, 9.17) is 5.73 Å². The van der Waals surface area contributed by atoms with Gasteiger partial charge in [0.25, 0.3) is 0 Å². The summed E-state index contributed by atoms with van der Waals surface area (Å²) >= 11 is 3.08. The van der Waals surface area contributed by atoms with Crippen molar-refractivity contribution >= 4 is 27.8 Å². The van der Waals surface area contributed by atoms with Gasteiger partial charge in [-0.1, -0.05) is 15.9 Å². The van der Waals surface area contributed by atoms with Gasteiger partial charge in [0.2, 0.25) is 0 Å². The van der Waals surface area contributed by atoms with Crippen molar-refractivity contribution in [1.29, 1.82) is 0 Å². The van der Waals surface area contributed by atoms with Gasteiger partial charge >= 0.3 is 5.69 Å². The molecule has 1 heterocycles. The summed E-state index contributed by atoms with van der Waals surface area (Å²) in [6.07, 6.45) is 3.10. The zero-order valence-electron chi connectivity index (χ0n) is 5.54. The Labute approximate surface area is 71.3 Å². The molecule has 1 aromatic heterocycles. The Kier molecular flexibility index (Phi) is 2.43. The molecule has 0 atom stereocenters. The first-order chi connectivity index (χ1) is 5.24. The molecule has 5 heteroatoms. The zero-order chi connectivity index (χ0) is 8.27. The number of rotatable bonds is 1. The van der Waals surface area contributed by atoms with E-state index in [1.807, 2.05) is 0 Å². The van der Waals surface area contributed by atoms with Gasteiger partial charge in [-0.3, -0.25) is 4.98 Å². The second-order valence-corrected chi connectivity index (χ2v) is 2.38. The van der Waals surface area contributed by atoms with Gasteiger partial charge in [0.15, 0.2) is 0 Å². The molecular formula is C6H6BrN3O. The number of aromatic amines is 1. The molecule has 0 amide bonds. The van der Waals surface area contributed by atoms with Crippen molar-refractivity contribution in [2.75, 3.05) is 5.73 Å². The largest absolute Gasteiger partial charge is 0.385 e. The molecule has 0 saturated carbocycles. The topological polar surface area (TPSA) is 71.8 Å². The molecule has 0 aliphatic heterocycles. The average Bonchev–Trinajstić information content (AvgIpc) is 1.95. The van der Waals surface area contributed by atoms with Crippen LogP contribution in [-0.4, -0.2) is 9.97 Å². The monoisotopic (exact) mass is 215 g/mol. The fourth-order valence-electron chi connectivity index (χ4n) is 0.618. The number of hydrogen-bond donors (Lipinski definition) is 2. The van der Waals surface area contributed by atoms with Gasteiger partial charge in [0.05, 0.1) is 0 Å². The SMILES string of the molecule is Nc1[nH]c(=O)ncc1C=CBr. The lowest BCUT2D eigenvalue weighted by atomic mass is 10.3. The number of aromatic nitrogens is 2. The molecular weight excluding hydrogens is 210 g/mol. The summed E-state index contributed by atoms with van der Waals surface area (Å²) < 4.78 is 0. The van der Waals surface area contributed by atoms with Crippen molar-refractivity contribution in [3.8, 4) is 0 Å². The van der Waals surface area contributed by atoms with E-state index in [-0.39, 0.29) is 0 Å². The predicted molar refractivity (Wildman–Crippen MR) is 47.2 cm³/mol. The molecule has 1 rings (SSSR count). The van der Waals surface area contributed by atoms with E-state index >= 15 is 0 Å². The molecule has 0 fully saturated rings. The minimum atomic E-state index is -0.436. The van der Waals surface area contributed by atoms with Crippen LogP contribution in [0, 0.1) is 0 Å². The van der Waals surface area contributed by atoms with E-state index in [2.05, 4.69) is 25.9 Å². The van der Waals surface area contributed by atoms with Gasteiger partial charge in [-0.15, -0.1) is 0 Å². The van der Waals surface area contributed by atoms with E-state index in [0.717, 1.165) is 0 Å². The number of H-pyrrole nitrogens is 1. The Morgan fingerprint density at radius 1 is 1.73 bits per heavy atom. The third kappa shape index (κ3) is 1.91. The fraction of sp³-hybridized carbons (Fsp3) is 0. The molecule has 0 saturated heterocycles. The first kappa shape index (κ1) is 8.00. The Morgan fingerprint density at radius 3 is 3.00 bits per heavy atom. The number of hydrogen-bond acceptors (Lipinski definition) is 3. The quantitative estimate of drug-likeness (QED) is 0.726. The number of nitrogens with one attached hydrogen (secondary N) is 1. The summed E-state index contributed by atoms with van der Waals surface area (Å²) in [5.41, 5.74) is 5.69. The summed E-state index contributed by atoms with van der Waals surface area (Å²) in [6, 6.07) is 0. The summed E-state index contributed by atoms with van der Waals surface area (Å²) in [4.78, 5) is 18.1. The highest BCUT2D eigenvalue weighted by Gasteiger charge is 1.94. The molecule has 0 aromatic carbocycles. The maximum atomic E-state index is 10.6. The molecule has 0 unspecified atom stereocenters. The van der Waals surface area contributed by atoms with Gasteiger partial charge in [0, 0.05) is 11.8 Å². The van der Waals surface area contributed by atoms with Crippen LogP contribution in [0.3, 0.4) is 0 Å². The Balaban J connectivity index is 3.19. The first-order valence-electron chi connectivity index (χ1n) is 2.85. The minimum Gasteiger partial charge on any atom is -0.385 e. The van der Waals surface area contributed by atoms with Crippen molar-refractivity contribution in [2.45, 2.75) is 0 Å². The number of nitrogen functional groups attached to an aromatic ring is 1. The minimum absolute atomic E-state index is 0.320. The Hall–Kier alpha value is -1.10. The lowest BCUT2D eigenvalue weighted by molar-refractivity contribution is 1.08. The normalized spacial score (nSPS) is 10.6. The fourth-order valence-corrected chi connectivity index (χ4v) is 0.903. The van der Waals surface area contributed by atoms with E-state index in [1.54, 1.807) is 11.1 Å². The first-order valence-corrected chi connectivity index (χ1v) is 3.77. The number of nitrogens with zero attached hydrogens (tertiary/aromatic N) is 1. The van der Waals surface area contributed by atoms with Crippen LogP contribution in [0.4, 0.5) is 5.82 Å². The highest BCUT2D eigenvalue weighted by Crippen LogP contribution is 2.06. The van der Waals surface area contributed by atoms with Crippen molar-refractivity contribution in [3.05, 3.63) is 27.2 Å². The molecule has 0 bridgehead atoms. The van der Waals surface area contributed by atoms with Gasteiger partial charge < -0.3 is 5.73 Å². The molecule has 3 N–H and O–H groups in total. The molecule has 11 heavy (non-hydrogen) atoms. The molecule has 4 nitrogen and oxygen atoms in total. The summed E-state index contributed by atoms with van der Waals surface area (Å²) in [7, 11) is 0. The van der Waals surface area contributed by atoms with Crippen molar-refractivity contribution in [3.63, 3.8) is 0 Å². The van der Waals surface area contributed by atoms with Crippen LogP contribution in [0.15, 0.2) is 16.0 Å². The van der Waals surface area contributed by atoms with E-state index in [0.29, 0.717) is 11.4 Å². The van der Waals surface area contributed by atoms with Crippen LogP contribution in [0.5, 0.6) is 0 Å². The van der Waals surface area contributed by atoms with Crippen LogP contribution in [0.25, 0.3) is 6.08 Å². The smallest absolute Gasteiger partial charge is 0.346 e. The predicted octanol–water partition coefficient (Wildman–Crippen LogP) is 0.718. The van der Waals surface area contributed by atoms with Crippen LogP contribution in [0.2, 0.25) is 0 Å². The second kappa shape index (κ2) is 3.34. The average molecular weight is 216 g/mol. The number of nitrogens with two attached hydrogens (primary N) is 1. The third-order valence-electron chi connectivity index (χ3n) is 1.12. The van der Waals surface area contributed by atoms with E-state index in [1.165, 1.54) is 6.20 Å². The second-order valence-electron chi connectivity index (χ2n) is 1.85. The summed E-state index contributed by atoms with van der Waals surface area (Å²) in [5, 5.41) is 0. The van der Waals surface area contributed by atoms with Crippen LogP contribution in [0.1, 0.15) is 5.56 Å². The standard InChI is InChI=1S/C6H6BrN3O/c7-2-1-4-3-9-6(11)10-5(4)8/h1-3H,(H3,8,9,10,11).